The van der Waals surface area contributed by atoms with E-state index in [9.17, 15) is 0 Å². The Morgan fingerprint density at radius 2 is 1.93 bits per heavy atom. The van der Waals surface area contributed by atoms with Gasteiger partial charge in [0.05, 0.1) is 5.69 Å². The summed E-state index contributed by atoms with van der Waals surface area (Å²) in [5.74, 6) is 0. The van der Waals surface area contributed by atoms with Crippen LogP contribution in [0.3, 0.4) is 0 Å². The minimum absolute atomic E-state index is 0. The van der Waals surface area contributed by atoms with E-state index in [-0.39, 0.29) is 24.8 Å². The zero-order valence-corrected chi connectivity index (χ0v) is 9.02. The van der Waals surface area contributed by atoms with Crippen molar-refractivity contribution in [1.82, 2.24) is 9.97 Å². The third-order valence-corrected chi connectivity index (χ3v) is 1.73. The van der Waals surface area contributed by atoms with Crippen LogP contribution in [0.2, 0.25) is 0 Å². The largest absolute Gasteiger partial charge is 0.325 e. The number of fused-ring (bicyclic) bond motifs is 1. The van der Waals surface area contributed by atoms with Gasteiger partial charge in [-0.3, -0.25) is 0 Å². The first-order valence-corrected chi connectivity index (χ1v) is 3.81. The summed E-state index contributed by atoms with van der Waals surface area (Å²) in [6.07, 6.45) is 1.73. The normalized spacial score (nSPS) is 8.93. The van der Waals surface area contributed by atoms with E-state index in [2.05, 4.69) is 9.97 Å². The highest BCUT2D eigenvalue weighted by Crippen LogP contribution is 2.08. The lowest BCUT2D eigenvalue weighted by molar-refractivity contribution is 0.999. The van der Waals surface area contributed by atoms with Crippen molar-refractivity contribution in [3.8, 4) is 0 Å². The molecule has 0 saturated heterocycles. The fourth-order valence-corrected chi connectivity index (χ4v) is 1.11. The second-order valence-corrected chi connectivity index (χ2v) is 2.56. The van der Waals surface area contributed by atoms with Gasteiger partial charge < -0.3 is 5.73 Å². The highest BCUT2D eigenvalue weighted by molar-refractivity contribution is 5.85. The Hall–Kier alpha value is -0.900. The summed E-state index contributed by atoms with van der Waals surface area (Å²) in [4.78, 5) is 8.38. The van der Waals surface area contributed by atoms with Crippen molar-refractivity contribution >= 4 is 35.8 Å². The van der Waals surface area contributed by atoms with Crippen LogP contribution in [0.1, 0.15) is 5.69 Å². The molecule has 76 valence electrons. The van der Waals surface area contributed by atoms with Gasteiger partial charge in [0.2, 0.25) is 0 Å². The number of aromatic nitrogens is 2. The fourth-order valence-electron chi connectivity index (χ4n) is 1.11. The van der Waals surface area contributed by atoms with Gasteiger partial charge in [-0.15, -0.1) is 24.8 Å². The molecule has 0 spiro atoms. The molecule has 0 saturated carbocycles. The Kier molecular flexibility index (Phi) is 5.38. The zero-order chi connectivity index (χ0) is 8.39. The highest BCUT2D eigenvalue weighted by atomic mass is 35.5. The van der Waals surface area contributed by atoms with Crippen molar-refractivity contribution in [2.75, 3.05) is 0 Å². The van der Waals surface area contributed by atoms with Crippen LogP contribution >= 0.6 is 24.8 Å². The molecule has 2 N–H and O–H groups in total. The first-order valence-electron chi connectivity index (χ1n) is 3.81. The van der Waals surface area contributed by atoms with Crippen LogP contribution in [0.15, 0.2) is 30.5 Å². The van der Waals surface area contributed by atoms with E-state index < -0.39 is 0 Å². The molecular weight excluding hydrogens is 221 g/mol. The minimum Gasteiger partial charge on any atom is -0.325 e. The predicted octanol–water partition coefficient (Wildman–Crippen LogP) is 1.93. The standard InChI is InChI=1S/C9H9N3.2ClH/c10-6-8-4-3-7-2-1-5-11-9(7)12-8;;/h1-5H,6,10H2;2*1H. The lowest BCUT2D eigenvalue weighted by Crippen LogP contribution is -1.99. The van der Waals surface area contributed by atoms with Gasteiger partial charge in [0.25, 0.3) is 0 Å². The average molecular weight is 232 g/mol. The first-order chi connectivity index (χ1) is 5.90. The molecule has 2 rings (SSSR count). The Balaban J connectivity index is 0.000000845. The SMILES string of the molecule is Cl.Cl.NCc1ccc2cccnc2n1. The van der Waals surface area contributed by atoms with Crippen LogP contribution in [0.5, 0.6) is 0 Å². The molecule has 2 aromatic heterocycles. The monoisotopic (exact) mass is 231 g/mol. The lowest BCUT2D eigenvalue weighted by Gasteiger charge is -1.97. The first kappa shape index (κ1) is 13.1. The summed E-state index contributed by atoms with van der Waals surface area (Å²) in [7, 11) is 0. The molecule has 0 atom stereocenters. The van der Waals surface area contributed by atoms with E-state index in [0.717, 1.165) is 16.7 Å². The maximum absolute atomic E-state index is 5.45. The molecule has 0 aliphatic carbocycles. The summed E-state index contributed by atoms with van der Waals surface area (Å²) in [5.41, 5.74) is 7.09. The summed E-state index contributed by atoms with van der Waals surface area (Å²) < 4.78 is 0. The number of nitrogens with zero attached hydrogens (tertiary/aromatic N) is 2. The molecular formula is C9H11Cl2N3. The molecule has 0 aliphatic rings. The molecule has 2 aromatic rings. The van der Waals surface area contributed by atoms with Gasteiger partial charge in [0, 0.05) is 18.1 Å². The molecule has 3 nitrogen and oxygen atoms in total. The second kappa shape index (κ2) is 5.75. The number of hydrogen-bond donors (Lipinski definition) is 1. The molecule has 0 aliphatic heterocycles. The van der Waals surface area contributed by atoms with Crippen molar-refractivity contribution in [3.63, 3.8) is 0 Å². The van der Waals surface area contributed by atoms with E-state index in [1.807, 2.05) is 24.3 Å². The molecule has 0 aromatic carbocycles. The molecule has 2 heterocycles. The van der Waals surface area contributed by atoms with Gasteiger partial charge in [0.15, 0.2) is 5.65 Å². The van der Waals surface area contributed by atoms with Crippen LogP contribution in [-0.2, 0) is 6.54 Å². The fraction of sp³-hybridized carbons (Fsp3) is 0.111. The molecule has 0 amide bonds. The van der Waals surface area contributed by atoms with Crippen molar-refractivity contribution < 1.29 is 0 Å². The predicted molar refractivity (Wildman–Crippen MR) is 61.9 cm³/mol. The van der Waals surface area contributed by atoms with Crippen LogP contribution in [0.4, 0.5) is 0 Å². The Morgan fingerprint density at radius 3 is 2.64 bits per heavy atom. The third-order valence-electron chi connectivity index (χ3n) is 1.73. The molecule has 14 heavy (non-hydrogen) atoms. The van der Waals surface area contributed by atoms with E-state index in [0.29, 0.717) is 6.54 Å². The van der Waals surface area contributed by atoms with Gasteiger partial charge in [0.1, 0.15) is 0 Å². The highest BCUT2D eigenvalue weighted by Gasteiger charge is 1.95. The van der Waals surface area contributed by atoms with Crippen LogP contribution in [0, 0.1) is 0 Å². The topological polar surface area (TPSA) is 51.8 Å². The summed E-state index contributed by atoms with van der Waals surface area (Å²) in [6, 6.07) is 7.78. The zero-order valence-electron chi connectivity index (χ0n) is 7.38. The smallest absolute Gasteiger partial charge is 0.159 e. The van der Waals surface area contributed by atoms with Crippen molar-refractivity contribution in [3.05, 3.63) is 36.2 Å². The molecule has 0 bridgehead atoms. The number of rotatable bonds is 1. The number of halogens is 2. The molecule has 0 unspecified atom stereocenters. The number of pyridine rings is 2. The van der Waals surface area contributed by atoms with Crippen LogP contribution in [0.25, 0.3) is 11.0 Å². The molecule has 0 radical (unpaired) electrons. The summed E-state index contributed by atoms with van der Waals surface area (Å²) in [5, 5.41) is 1.05. The average Bonchev–Trinajstić information content (AvgIpc) is 2.17. The molecule has 5 heteroatoms. The maximum atomic E-state index is 5.45. The van der Waals surface area contributed by atoms with E-state index >= 15 is 0 Å². The van der Waals surface area contributed by atoms with Gasteiger partial charge in [-0.1, -0.05) is 0 Å². The van der Waals surface area contributed by atoms with Crippen LogP contribution in [-0.4, -0.2) is 9.97 Å². The van der Waals surface area contributed by atoms with E-state index in [1.165, 1.54) is 0 Å². The summed E-state index contributed by atoms with van der Waals surface area (Å²) in [6.45, 7) is 0.465. The minimum atomic E-state index is 0. The van der Waals surface area contributed by atoms with Crippen LogP contribution < -0.4 is 5.73 Å². The third kappa shape index (κ3) is 2.54. The van der Waals surface area contributed by atoms with E-state index in [4.69, 9.17) is 5.73 Å². The Labute approximate surface area is 94.6 Å². The van der Waals surface area contributed by atoms with Gasteiger partial charge in [-0.2, -0.15) is 0 Å². The quantitative estimate of drug-likeness (QED) is 0.817. The van der Waals surface area contributed by atoms with Crippen molar-refractivity contribution in [2.45, 2.75) is 6.54 Å². The Morgan fingerprint density at radius 1 is 1.14 bits per heavy atom. The maximum Gasteiger partial charge on any atom is 0.159 e. The van der Waals surface area contributed by atoms with E-state index in [1.54, 1.807) is 6.20 Å². The lowest BCUT2D eigenvalue weighted by atomic mass is 10.2. The number of nitrogens with two attached hydrogens (primary N) is 1. The van der Waals surface area contributed by atoms with Gasteiger partial charge >= 0.3 is 0 Å². The number of hydrogen-bond acceptors (Lipinski definition) is 3. The van der Waals surface area contributed by atoms with Gasteiger partial charge in [-0.05, 0) is 24.3 Å². The van der Waals surface area contributed by atoms with Crippen molar-refractivity contribution in [1.29, 1.82) is 0 Å². The van der Waals surface area contributed by atoms with Gasteiger partial charge in [-0.25, -0.2) is 9.97 Å². The second-order valence-electron chi connectivity index (χ2n) is 2.56. The Bertz CT molecular complexity index is 406. The molecule has 0 fully saturated rings. The van der Waals surface area contributed by atoms with Crippen molar-refractivity contribution in [2.24, 2.45) is 5.73 Å². The summed E-state index contributed by atoms with van der Waals surface area (Å²) >= 11 is 0.